The van der Waals surface area contributed by atoms with Crippen LogP contribution < -0.4 is 0 Å². The summed E-state index contributed by atoms with van der Waals surface area (Å²) in [5, 5.41) is 8.90. The van der Waals surface area contributed by atoms with Gasteiger partial charge in [0.05, 0.1) is 5.75 Å². The Morgan fingerprint density at radius 1 is 1.35 bits per heavy atom. The fraction of sp³-hybridized carbons (Fsp3) is 0.308. The number of thioether (sulfide) groups is 1. The molecule has 5 nitrogen and oxygen atoms in total. The summed E-state index contributed by atoms with van der Waals surface area (Å²) >= 11 is 7.05. The van der Waals surface area contributed by atoms with Gasteiger partial charge in [-0.2, -0.15) is 0 Å². The Labute approximate surface area is 126 Å². The van der Waals surface area contributed by atoms with Gasteiger partial charge in [-0.05, 0) is 31.2 Å². The Kier molecular flexibility index (Phi) is 5.03. The summed E-state index contributed by atoms with van der Waals surface area (Å²) in [4.78, 5) is 13.3. The van der Waals surface area contributed by atoms with E-state index < -0.39 is 0 Å². The lowest BCUT2D eigenvalue weighted by atomic mass is 10.2. The molecule has 0 atom stereocenters. The summed E-state index contributed by atoms with van der Waals surface area (Å²) < 4.78 is 5.50. The van der Waals surface area contributed by atoms with Crippen LogP contribution in [0.3, 0.4) is 0 Å². The van der Waals surface area contributed by atoms with Crippen molar-refractivity contribution in [3.63, 3.8) is 0 Å². The van der Waals surface area contributed by atoms with Crippen molar-refractivity contribution in [3.8, 4) is 11.5 Å². The van der Waals surface area contributed by atoms with Gasteiger partial charge < -0.3 is 9.32 Å². The van der Waals surface area contributed by atoms with E-state index in [0.29, 0.717) is 22.7 Å². The SMILES string of the molecule is CCN(C)C(=O)CSc1nnc(-c2ccc(Cl)cc2)o1. The predicted octanol–water partition coefficient (Wildman–Crippen LogP) is 2.96. The molecule has 0 unspecified atom stereocenters. The molecule has 0 aliphatic heterocycles. The molecular formula is C13H14ClN3O2S. The Hall–Kier alpha value is -1.53. The van der Waals surface area contributed by atoms with Crippen molar-refractivity contribution in [2.24, 2.45) is 0 Å². The van der Waals surface area contributed by atoms with Crippen LogP contribution in [0.5, 0.6) is 0 Å². The summed E-state index contributed by atoms with van der Waals surface area (Å²) in [7, 11) is 1.76. The molecule has 0 spiro atoms. The van der Waals surface area contributed by atoms with Gasteiger partial charge in [0, 0.05) is 24.2 Å². The third kappa shape index (κ3) is 3.74. The van der Waals surface area contributed by atoms with Crippen LogP contribution in [0.2, 0.25) is 5.02 Å². The molecule has 2 rings (SSSR count). The molecule has 1 aromatic carbocycles. The van der Waals surface area contributed by atoms with E-state index in [1.54, 1.807) is 36.2 Å². The van der Waals surface area contributed by atoms with Crippen molar-refractivity contribution in [2.75, 3.05) is 19.3 Å². The van der Waals surface area contributed by atoms with E-state index in [1.165, 1.54) is 11.8 Å². The summed E-state index contributed by atoms with van der Waals surface area (Å²) in [6.45, 7) is 2.60. The van der Waals surface area contributed by atoms with Gasteiger partial charge in [-0.15, -0.1) is 10.2 Å². The van der Waals surface area contributed by atoms with Crippen molar-refractivity contribution in [1.82, 2.24) is 15.1 Å². The zero-order valence-electron chi connectivity index (χ0n) is 11.2. The maximum absolute atomic E-state index is 11.7. The quantitative estimate of drug-likeness (QED) is 0.795. The highest BCUT2D eigenvalue weighted by Gasteiger charge is 2.12. The first-order valence-electron chi connectivity index (χ1n) is 6.06. The number of aromatic nitrogens is 2. The topological polar surface area (TPSA) is 59.2 Å². The zero-order valence-corrected chi connectivity index (χ0v) is 12.7. The second-order valence-electron chi connectivity index (χ2n) is 4.08. The largest absolute Gasteiger partial charge is 0.411 e. The molecular weight excluding hydrogens is 298 g/mol. The Bertz CT molecular complexity index is 586. The molecule has 0 aliphatic carbocycles. The lowest BCUT2D eigenvalue weighted by Gasteiger charge is -2.12. The lowest BCUT2D eigenvalue weighted by molar-refractivity contribution is -0.126. The lowest BCUT2D eigenvalue weighted by Crippen LogP contribution is -2.27. The monoisotopic (exact) mass is 311 g/mol. The van der Waals surface area contributed by atoms with Crippen molar-refractivity contribution >= 4 is 29.3 Å². The van der Waals surface area contributed by atoms with Crippen molar-refractivity contribution in [3.05, 3.63) is 29.3 Å². The van der Waals surface area contributed by atoms with Gasteiger partial charge in [-0.25, -0.2) is 0 Å². The second-order valence-corrected chi connectivity index (χ2v) is 5.44. The zero-order chi connectivity index (χ0) is 14.5. The molecule has 0 saturated carbocycles. The van der Waals surface area contributed by atoms with E-state index >= 15 is 0 Å². The number of hydrogen-bond donors (Lipinski definition) is 0. The fourth-order valence-corrected chi connectivity index (χ4v) is 2.22. The average molecular weight is 312 g/mol. The Balaban J connectivity index is 1.99. The van der Waals surface area contributed by atoms with E-state index in [0.717, 1.165) is 5.56 Å². The molecule has 2 aromatic rings. The van der Waals surface area contributed by atoms with Crippen LogP contribution >= 0.6 is 23.4 Å². The number of halogens is 1. The molecule has 7 heteroatoms. The van der Waals surface area contributed by atoms with Gasteiger partial charge in [0.1, 0.15) is 0 Å². The number of carbonyl (C=O) groups excluding carboxylic acids is 1. The van der Waals surface area contributed by atoms with Gasteiger partial charge >= 0.3 is 0 Å². The minimum absolute atomic E-state index is 0.0312. The highest BCUT2D eigenvalue weighted by Crippen LogP contribution is 2.24. The number of rotatable bonds is 5. The minimum atomic E-state index is 0.0312. The number of amides is 1. The third-order valence-corrected chi connectivity index (χ3v) is 3.77. The summed E-state index contributed by atoms with van der Waals surface area (Å²) in [5.74, 6) is 0.733. The smallest absolute Gasteiger partial charge is 0.277 e. The normalized spacial score (nSPS) is 10.6. The first kappa shape index (κ1) is 14.9. The molecule has 0 fully saturated rings. The first-order chi connectivity index (χ1) is 9.60. The molecule has 0 radical (unpaired) electrons. The van der Waals surface area contributed by atoms with Gasteiger partial charge in [0.2, 0.25) is 11.8 Å². The standard InChI is InChI=1S/C13H14ClN3O2S/c1-3-17(2)11(18)8-20-13-16-15-12(19-13)9-4-6-10(14)7-5-9/h4-7H,3,8H2,1-2H3. The molecule has 1 amide bonds. The minimum Gasteiger partial charge on any atom is -0.411 e. The maximum Gasteiger partial charge on any atom is 0.277 e. The molecule has 20 heavy (non-hydrogen) atoms. The molecule has 0 N–H and O–H groups in total. The van der Waals surface area contributed by atoms with E-state index in [9.17, 15) is 4.79 Å². The molecule has 0 saturated heterocycles. The van der Waals surface area contributed by atoms with Gasteiger partial charge in [0.25, 0.3) is 5.22 Å². The Morgan fingerprint density at radius 2 is 2.05 bits per heavy atom. The van der Waals surface area contributed by atoms with E-state index in [-0.39, 0.29) is 11.7 Å². The van der Waals surface area contributed by atoms with Crippen LogP contribution in [0.1, 0.15) is 6.92 Å². The van der Waals surface area contributed by atoms with Gasteiger partial charge in [-0.1, -0.05) is 23.4 Å². The van der Waals surface area contributed by atoms with Crippen molar-refractivity contribution < 1.29 is 9.21 Å². The first-order valence-corrected chi connectivity index (χ1v) is 7.42. The molecule has 1 heterocycles. The number of benzene rings is 1. The van der Waals surface area contributed by atoms with Crippen LogP contribution in [0.4, 0.5) is 0 Å². The highest BCUT2D eigenvalue weighted by molar-refractivity contribution is 7.99. The summed E-state index contributed by atoms with van der Waals surface area (Å²) in [6.07, 6.45) is 0. The van der Waals surface area contributed by atoms with Crippen molar-refractivity contribution in [2.45, 2.75) is 12.1 Å². The van der Waals surface area contributed by atoms with Crippen LogP contribution in [-0.4, -0.2) is 40.3 Å². The molecule has 106 valence electrons. The molecule has 1 aromatic heterocycles. The Morgan fingerprint density at radius 3 is 2.70 bits per heavy atom. The van der Waals surface area contributed by atoms with Crippen LogP contribution in [0, 0.1) is 0 Å². The second kappa shape index (κ2) is 6.76. The van der Waals surface area contributed by atoms with E-state index in [1.807, 2.05) is 6.92 Å². The third-order valence-electron chi connectivity index (χ3n) is 2.72. The van der Waals surface area contributed by atoms with Crippen LogP contribution in [-0.2, 0) is 4.79 Å². The summed E-state index contributed by atoms with van der Waals surface area (Å²) in [6, 6.07) is 7.13. The predicted molar refractivity (Wildman–Crippen MR) is 78.8 cm³/mol. The number of nitrogens with zero attached hydrogens (tertiary/aromatic N) is 3. The molecule has 0 aliphatic rings. The number of hydrogen-bond acceptors (Lipinski definition) is 5. The average Bonchev–Trinajstić information content (AvgIpc) is 2.93. The van der Waals surface area contributed by atoms with Crippen LogP contribution in [0.15, 0.2) is 33.9 Å². The fourth-order valence-electron chi connectivity index (χ4n) is 1.39. The van der Waals surface area contributed by atoms with E-state index in [4.69, 9.17) is 16.0 Å². The highest BCUT2D eigenvalue weighted by atomic mass is 35.5. The number of carbonyl (C=O) groups is 1. The van der Waals surface area contributed by atoms with Crippen molar-refractivity contribution in [1.29, 1.82) is 0 Å². The van der Waals surface area contributed by atoms with Gasteiger partial charge in [0.15, 0.2) is 0 Å². The maximum atomic E-state index is 11.7. The van der Waals surface area contributed by atoms with Crippen LogP contribution in [0.25, 0.3) is 11.5 Å². The van der Waals surface area contributed by atoms with E-state index in [2.05, 4.69) is 10.2 Å². The summed E-state index contributed by atoms with van der Waals surface area (Å²) in [5.41, 5.74) is 0.797. The molecule has 0 bridgehead atoms. The van der Waals surface area contributed by atoms with Gasteiger partial charge in [-0.3, -0.25) is 4.79 Å².